The molecule has 19 nitrogen and oxygen atoms in total. The second-order valence-corrected chi connectivity index (χ2v) is 22.2. The van der Waals surface area contributed by atoms with Crippen molar-refractivity contribution in [2.75, 3.05) is 34.0 Å². The highest BCUT2D eigenvalue weighted by Gasteiger charge is 2.78. The van der Waals surface area contributed by atoms with Crippen LogP contribution in [0.3, 0.4) is 0 Å². The van der Waals surface area contributed by atoms with Crippen LogP contribution >= 0.6 is 0 Å². The lowest BCUT2D eigenvalue weighted by atomic mass is 9.44. The third kappa shape index (κ3) is 10.1. The summed E-state index contributed by atoms with van der Waals surface area (Å²) in [4.78, 5) is 86.6. The van der Waals surface area contributed by atoms with Crippen LogP contribution in [0.4, 0.5) is 9.59 Å². The van der Waals surface area contributed by atoms with Crippen molar-refractivity contribution < 1.29 is 86.0 Å². The molecule has 8 rings (SSSR count). The second-order valence-electron chi connectivity index (χ2n) is 22.2. The van der Waals surface area contributed by atoms with Crippen molar-refractivity contribution in [3.05, 3.63) is 82.9 Å². The summed E-state index contributed by atoms with van der Waals surface area (Å²) >= 11 is 0. The van der Waals surface area contributed by atoms with Crippen LogP contribution in [0.15, 0.2) is 71.8 Å². The van der Waals surface area contributed by atoms with Crippen molar-refractivity contribution in [2.24, 2.45) is 16.7 Å². The van der Waals surface area contributed by atoms with Crippen molar-refractivity contribution >= 4 is 35.9 Å². The van der Waals surface area contributed by atoms with Gasteiger partial charge in [0.25, 0.3) is 0 Å². The number of nitrogens with one attached hydrogen (secondary N) is 1. The minimum Gasteiger partial charge on any atom is -0.455 e. The third-order valence-electron chi connectivity index (χ3n) is 16.2. The van der Waals surface area contributed by atoms with Crippen LogP contribution in [0, 0.1) is 16.7 Å². The molecule has 2 saturated heterocycles. The maximum absolute atomic E-state index is 15.9. The van der Waals surface area contributed by atoms with Crippen LogP contribution in [0.25, 0.3) is 0 Å². The Morgan fingerprint density at radius 2 is 1.57 bits per heavy atom. The molecule has 1 spiro atoms. The molecule has 2 aromatic carbocycles. The van der Waals surface area contributed by atoms with Crippen LogP contribution in [0.5, 0.6) is 0 Å². The number of hydrogen-bond acceptors (Lipinski definition) is 18. The molecule has 2 N–H and O–H groups in total. The number of amides is 1. The fourth-order valence-corrected chi connectivity index (χ4v) is 12.5. The summed E-state index contributed by atoms with van der Waals surface area (Å²) in [6, 6.07) is 14.8. The minimum atomic E-state index is -2.31. The van der Waals surface area contributed by atoms with E-state index in [1.165, 1.54) is 33.3 Å². The topological polar surface area (TPSA) is 236 Å². The van der Waals surface area contributed by atoms with Gasteiger partial charge in [0.15, 0.2) is 17.2 Å². The summed E-state index contributed by atoms with van der Waals surface area (Å²) < 4.78 is 67.1. The van der Waals surface area contributed by atoms with E-state index < -0.39 is 130 Å². The van der Waals surface area contributed by atoms with Gasteiger partial charge in [-0.15, -0.1) is 0 Å². The molecule has 1 amide bonds. The van der Waals surface area contributed by atoms with Gasteiger partial charge in [-0.25, -0.2) is 19.2 Å². The number of fused-ring (bicyclic) bond motifs is 5. The predicted octanol–water partition coefficient (Wildman–Crippen LogP) is 6.80. The molecule has 74 heavy (non-hydrogen) atoms. The summed E-state index contributed by atoms with van der Waals surface area (Å²) in [5, 5.41) is 16.7. The van der Waals surface area contributed by atoms with Crippen LogP contribution in [0.2, 0.25) is 0 Å². The highest BCUT2D eigenvalue weighted by atomic mass is 16.8. The molecule has 2 bridgehead atoms. The van der Waals surface area contributed by atoms with Gasteiger partial charge in [-0.1, -0.05) is 68.8 Å². The Kier molecular flexibility index (Phi) is 15.5. The second kappa shape index (κ2) is 20.9. The fraction of sp³-hybridized carbons (Fsp3) is 0.636. The molecule has 6 aliphatic rings. The molecule has 5 fully saturated rings. The maximum Gasteiger partial charge on any atom is 0.509 e. The molecular formula is C55H71NO18. The lowest BCUT2D eigenvalue weighted by molar-refractivity contribution is -0.347. The molecule has 404 valence electrons. The molecule has 3 saturated carbocycles. The summed E-state index contributed by atoms with van der Waals surface area (Å²) in [6.07, 6.45) is -7.46. The van der Waals surface area contributed by atoms with E-state index in [0.717, 1.165) is 19.3 Å². The number of carbonyl (C=O) groups is 6. The Morgan fingerprint density at radius 1 is 0.905 bits per heavy atom. The summed E-state index contributed by atoms with van der Waals surface area (Å²) in [5.41, 5.74) is -7.31. The molecule has 0 aromatic heterocycles. The van der Waals surface area contributed by atoms with Gasteiger partial charge in [0.1, 0.15) is 54.4 Å². The van der Waals surface area contributed by atoms with Gasteiger partial charge >= 0.3 is 30.2 Å². The minimum absolute atomic E-state index is 0.0877. The smallest absolute Gasteiger partial charge is 0.455 e. The number of alkyl carbamates (subject to hydrolysis) is 1. The van der Waals surface area contributed by atoms with E-state index in [1.54, 1.807) is 97.0 Å². The number of ketones is 1. The van der Waals surface area contributed by atoms with E-state index in [2.05, 4.69) is 5.32 Å². The summed E-state index contributed by atoms with van der Waals surface area (Å²) in [7, 11) is 2.77. The standard InChI is InChI=1S/C55H71NO18/c1-31-36(69-47(60)42(40(33-20-14-11-15-21-33)56-48(61)74-50(3,4)5)70-49(62)66-28-35-29-68-53(73-35)24-18-13-19-25-53)27-55(63)45(71-46(59)34-22-16-12-17-23-34)43-52(8,44(58)41(65-10)39(31)51(55,6)7)37(64-9)26-38-54(43,30-67-38)72-32(2)57/h11-12,14-17,20-23,35-38,40-43,45,63H,13,18-19,24-30H2,1-10H3,(H,56,61)/t35?,36-,37-,38+,40-,41+,42+,43-,45-,52+,54-,55?/m0/s1. The highest BCUT2D eigenvalue weighted by molar-refractivity contribution is 5.94. The predicted molar refractivity (Wildman–Crippen MR) is 260 cm³/mol. The zero-order valence-electron chi connectivity index (χ0n) is 43.9. The molecule has 0 radical (unpaired) electrons. The number of rotatable bonds is 13. The van der Waals surface area contributed by atoms with E-state index in [-0.39, 0.29) is 37.4 Å². The maximum atomic E-state index is 15.9. The van der Waals surface area contributed by atoms with Crippen molar-refractivity contribution in [1.82, 2.24) is 5.32 Å². The van der Waals surface area contributed by atoms with Crippen molar-refractivity contribution in [2.45, 2.75) is 172 Å². The van der Waals surface area contributed by atoms with Gasteiger partial charge < -0.3 is 62.5 Å². The lowest BCUT2D eigenvalue weighted by Crippen LogP contribution is -2.82. The number of methoxy groups -OCH3 is 2. The lowest BCUT2D eigenvalue weighted by Gasteiger charge is -2.67. The number of Topliss-reactive ketones (excluding diaryl/α,β-unsaturated/α-hetero) is 1. The average molecular weight is 1030 g/mol. The monoisotopic (exact) mass is 1030 g/mol. The Bertz CT molecular complexity index is 2470. The van der Waals surface area contributed by atoms with Gasteiger partial charge in [-0.05, 0) is 76.3 Å². The first-order chi connectivity index (χ1) is 34.9. The molecular weight excluding hydrogens is 963 g/mol. The van der Waals surface area contributed by atoms with E-state index >= 15 is 9.59 Å². The van der Waals surface area contributed by atoms with E-state index in [4.69, 9.17) is 52.1 Å². The van der Waals surface area contributed by atoms with E-state index in [1.807, 2.05) is 0 Å². The van der Waals surface area contributed by atoms with Gasteiger partial charge in [-0.3, -0.25) is 9.59 Å². The van der Waals surface area contributed by atoms with Gasteiger partial charge in [-0.2, -0.15) is 0 Å². The zero-order valence-corrected chi connectivity index (χ0v) is 43.9. The van der Waals surface area contributed by atoms with Gasteiger partial charge in [0.2, 0.25) is 6.10 Å². The Morgan fingerprint density at radius 3 is 2.16 bits per heavy atom. The molecule has 2 unspecified atom stereocenters. The third-order valence-corrected chi connectivity index (χ3v) is 16.2. The molecule has 2 aliphatic heterocycles. The van der Waals surface area contributed by atoms with E-state index in [0.29, 0.717) is 24.0 Å². The van der Waals surface area contributed by atoms with Crippen molar-refractivity contribution in [1.29, 1.82) is 0 Å². The summed E-state index contributed by atoms with van der Waals surface area (Å²) in [5.74, 6) is -5.48. The SMILES string of the molecule is CO[C@H]1C(=O)[C@]2(C)[C@@H](OC)C[C@H]3OC[C@@]3(OC(C)=O)[C@H]2[C@H](OC(=O)c2ccccc2)C2(O)C[C@H](OC(=O)[C@H](OC(=O)OCC3COC4(CCCCC4)O3)[C@@H](NC(=O)OC(C)(C)C)c3ccccc3)C(C)=C1C2(C)C. The molecule has 2 heterocycles. The fourth-order valence-electron chi connectivity index (χ4n) is 12.5. The number of benzene rings is 2. The van der Waals surface area contributed by atoms with Crippen LogP contribution in [-0.2, 0) is 66.5 Å². The van der Waals surface area contributed by atoms with Gasteiger partial charge in [0, 0.05) is 52.2 Å². The first kappa shape index (κ1) is 54.8. The van der Waals surface area contributed by atoms with E-state index in [9.17, 15) is 24.3 Å². The Balaban J connectivity index is 1.23. The largest absolute Gasteiger partial charge is 0.509 e. The Labute approximate surface area is 431 Å². The highest BCUT2D eigenvalue weighted by Crippen LogP contribution is 2.65. The average Bonchev–Trinajstić information content (AvgIpc) is 3.74. The molecule has 2 aromatic rings. The number of aliphatic hydroxyl groups is 1. The first-order valence-electron chi connectivity index (χ1n) is 25.4. The molecule has 19 heteroatoms. The van der Waals surface area contributed by atoms with Crippen molar-refractivity contribution in [3.8, 4) is 0 Å². The normalized spacial score (nSPS) is 32.7. The Hall–Kier alpha value is -5.44. The number of esters is 3. The van der Waals surface area contributed by atoms with Crippen LogP contribution in [0.1, 0.15) is 122 Å². The number of ether oxygens (including phenoxy) is 11. The zero-order chi connectivity index (χ0) is 53.6. The van der Waals surface area contributed by atoms with Crippen molar-refractivity contribution in [3.63, 3.8) is 0 Å². The molecule has 4 aliphatic carbocycles. The quantitative estimate of drug-likeness (QED) is 0.119. The van der Waals surface area contributed by atoms with Crippen LogP contribution < -0.4 is 5.32 Å². The molecule has 12 atom stereocenters. The number of hydrogen-bond donors (Lipinski definition) is 2. The first-order valence-corrected chi connectivity index (χ1v) is 25.4. The summed E-state index contributed by atoms with van der Waals surface area (Å²) in [6.45, 7) is 12.4. The van der Waals surface area contributed by atoms with Gasteiger partial charge in [0.05, 0.1) is 36.2 Å². The van der Waals surface area contributed by atoms with Crippen LogP contribution in [-0.4, -0.2) is 140 Å². The number of carbonyl (C=O) groups excluding carboxylic acids is 6.